The summed E-state index contributed by atoms with van der Waals surface area (Å²) in [5.41, 5.74) is 1.06. The second-order valence-corrected chi connectivity index (χ2v) is 9.48. The van der Waals surface area contributed by atoms with Crippen LogP contribution in [0.5, 0.6) is 0 Å². The van der Waals surface area contributed by atoms with Gasteiger partial charge in [-0.25, -0.2) is 19.6 Å². The van der Waals surface area contributed by atoms with Crippen LogP contribution in [-0.2, 0) is 17.6 Å². The number of fused-ring (bicyclic) bond motifs is 2. The number of H-pyrrole nitrogens is 2. The summed E-state index contributed by atoms with van der Waals surface area (Å²) in [6.07, 6.45) is 1.34. The van der Waals surface area contributed by atoms with E-state index in [4.69, 9.17) is 5.11 Å². The van der Waals surface area contributed by atoms with Crippen LogP contribution < -0.4 is 62.5 Å². The molecule has 40 heavy (non-hydrogen) atoms. The van der Waals surface area contributed by atoms with E-state index in [0.29, 0.717) is 63.7 Å². The van der Waals surface area contributed by atoms with Crippen LogP contribution in [-0.4, -0.2) is 49.6 Å². The number of ether oxygens (including phenoxy) is 1. The van der Waals surface area contributed by atoms with Gasteiger partial charge in [-0.05, 0) is 48.2 Å². The fraction of sp³-hybridized carbons (Fsp3) is 0.357. The molecule has 11 nitrogen and oxygen atoms in total. The molecule has 0 aliphatic carbocycles. The molecule has 4 N–H and O–H groups in total. The Morgan fingerprint density at radius 1 is 0.825 bits per heavy atom. The molecule has 0 aliphatic heterocycles. The third kappa shape index (κ3) is 9.72. The first-order valence-corrected chi connectivity index (χ1v) is 11.9. The maximum atomic E-state index is 11.9. The summed E-state index contributed by atoms with van der Waals surface area (Å²) < 4.78 is 4.66. The van der Waals surface area contributed by atoms with Gasteiger partial charge in [0.1, 0.15) is 11.6 Å². The molecular weight excluding hydrogens is 543 g/mol. The molecule has 0 amide bonds. The van der Waals surface area contributed by atoms with E-state index in [-0.39, 0.29) is 81.0 Å². The molecule has 0 fully saturated rings. The van der Waals surface area contributed by atoms with Crippen LogP contribution in [0.15, 0.2) is 46.0 Å². The van der Waals surface area contributed by atoms with Crippen LogP contribution in [0.4, 0.5) is 0 Å². The Bertz CT molecular complexity index is 1580. The molecule has 0 atom stereocenters. The number of aromatic nitrogens is 4. The topological polar surface area (TPSA) is 185 Å². The van der Waals surface area contributed by atoms with Gasteiger partial charge >= 0.3 is 63.3 Å². The van der Waals surface area contributed by atoms with Crippen molar-refractivity contribution in [3.05, 3.63) is 79.9 Å². The van der Waals surface area contributed by atoms with Crippen LogP contribution in [0.2, 0.25) is 0 Å². The molecule has 0 unspecified atom stereocenters. The van der Waals surface area contributed by atoms with Crippen LogP contribution in [0.25, 0.3) is 21.8 Å². The maximum Gasteiger partial charge on any atom is 1.00 e. The molecule has 0 spiro atoms. The second-order valence-electron chi connectivity index (χ2n) is 9.48. The second kappa shape index (κ2) is 16.5. The van der Waals surface area contributed by atoms with Gasteiger partial charge in [-0.1, -0.05) is 35.1 Å². The quantitative estimate of drug-likeness (QED) is 0.223. The summed E-state index contributed by atoms with van der Waals surface area (Å²) in [6, 6.07) is 9.06. The summed E-state index contributed by atoms with van der Waals surface area (Å²) in [6.45, 7) is 8.15. The Hall–Kier alpha value is -2.74. The van der Waals surface area contributed by atoms with Gasteiger partial charge in [0.05, 0.1) is 40.0 Å². The predicted octanol–water partition coefficient (Wildman–Crippen LogP) is 1.19. The molecule has 0 aliphatic rings. The first-order chi connectivity index (χ1) is 17.5. The molecule has 4 rings (SSSR count). The first-order valence-electron chi connectivity index (χ1n) is 11.9. The Balaban J connectivity index is 0.000000708. The van der Waals surface area contributed by atoms with E-state index in [1.54, 1.807) is 18.2 Å². The Morgan fingerprint density at radius 2 is 1.23 bits per heavy atom. The summed E-state index contributed by atoms with van der Waals surface area (Å²) in [5.74, 6) is 0.524. The fourth-order valence-corrected chi connectivity index (χ4v) is 3.72. The van der Waals surface area contributed by atoms with Gasteiger partial charge in [0.15, 0.2) is 0 Å². The number of carbonyl (C=O) groups excluding carboxylic acids is 1. The number of aromatic amines is 2. The summed E-state index contributed by atoms with van der Waals surface area (Å²) in [7, 11) is 1.32. The smallest absolute Gasteiger partial charge is 0.870 e. The number of carboxylic acids is 1. The zero-order valence-electron chi connectivity index (χ0n) is 22.9. The average Bonchev–Trinajstić information content (AvgIpc) is 2.82. The summed E-state index contributed by atoms with van der Waals surface area (Å²) >= 11 is 0. The van der Waals surface area contributed by atoms with Crippen molar-refractivity contribution in [3.63, 3.8) is 0 Å². The molecule has 2 aromatic heterocycles. The van der Waals surface area contributed by atoms with Crippen molar-refractivity contribution in [2.24, 2.45) is 11.8 Å². The Kier molecular flexibility index (Phi) is 15.4. The average molecular weight is 579 g/mol. The van der Waals surface area contributed by atoms with Crippen LogP contribution in [0, 0.1) is 11.8 Å². The van der Waals surface area contributed by atoms with Gasteiger partial charge in [-0.2, -0.15) is 0 Å². The standard InChI is InChI=1S/C14H16N2O3.C13H14N2O3.CH4.K.H2O/c1-8(2)6-12-15-11-7-9(14(18)19-3)4-5-10(11)13(17)16-12;1-7(2)5-11-14-10-6-8(13(17)18)3-4-9(10)12(16)15-11;;;/h4-5,7-8H,6H2,1-3H3,(H,15,16,17);3-4,6-7H,5H2,1-2H3,(H,17,18)(H,14,15,16);1H4;;1H2/q;;;+1;/p-1. The number of nitrogens with zero attached hydrogens (tertiary/aromatic N) is 2. The van der Waals surface area contributed by atoms with Crippen molar-refractivity contribution in [1.82, 2.24) is 19.9 Å². The van der Waals surface area contributed by atoms with Crippen LogP contribution in [0.1, 0.15) is 67.5 Å². The SMILES string of the molecule is C.CC(C)Cc1nc2cc(C(=O)O)ccc2c(=O)[nH]1.COC(=O)c1ccc2c(=O)[nH]c(CC(C)C)nc2c1.[K+].[OH-]. The summed E-state index contributed by atoms with van der Waals surface area (Å²) in [5, 5.41) is 9.80. The minimum Gasteiger partial charge on any atom is -0.870 e. The van der Waals surface area contributed by atoms with Crippen molar-refractivity contribution in [2.75, 3.05) is 7.11 Å². The third-order valence-corrected chi connectivity index (χ3v) is 5.38. The molecule has 2 aromatic carbocycles. The largest absolute Gasteiger partial charge is 1.00 e. The zero-order valence-corrected chi connectivity index (χ0v) is 26.0. The first kappa shape index (κ1) is 37.3. The van der Waals surface area contributed by atoms with Gasteiger partial charge in [-0.3, -0.25) is 9.59 Å². The van der Waals surface area contributed by atoms with Gasteiger partial charge in [0.2, 0.25) is 0 Å². The van der Waals surface area contributed by atoms with E-state index < -0.39 is 11.9 Å². The monoisotopic (exact) mass is 578 g/mol. The van der Waals surface area contributed by atoms with E-state index in [1.807, 2.05) is 13.8 Å². The number of aromatic carboxylic acids is 1. The number of hydrogen-bond acceptors (Lipinski definition) is 8. The number of rotatable bonds is 6. The molecule has 0 radical (unpaired) electrons. The maximum absolute atomic E-state index is 11.9. The molecule has 12 heteroatoms. The van der Waals surface area contributed by atoms with Crippen molar-refractivity contribution in [3.8, 4) is 0 Å². The molecule has 2 heterocycles. The van der Waals surface area contributed by atoms with Gasteiger partial charge in [0.25, 0.3) is 11.1 Å². The van der Waals surface area contributed by atoms with Gasteiger partial charge < -0.3 is 25.3 Å². The van der Waals surface area contributed by atoms with Gasteiger partial charge in [-0.15, -0.1) is 0 Å². The van der Waals surface area contributed by atoms with E-state index in [1.165, 1.54) is 25.3 Å². The Morgan fingerprint density at radius 3 is 1.60 bits per heavy atom. The molecule has 4 aromatic rings. The Labute approximate surface area is 274 Å². The van der Waals surface area contributed by atoms with E-state index >= 15 is 0 Å². The fourth-order valence-electron chi connectivity index (χ4n) is 3.72. The van der Waals surface area contributed by atoms with E-state index in [0.717, 1.165) is 0 Å². The number of esters is 1. The normalized spacial score (nSPS) is 10.2. The molecule has 210 valence electrons. The molecule has 0 saturated heterocycles. The van der Waals surface area contributed by atoms with Gasteiger partial charge in [0, 0.05) is 12.8 Å². The minimum absolute atomic E-state index is 0. The van der Waals surface area contributed by atoms with Crippen LogP contribution in [0.3, 0.4) is 0 Å². The van der Waals surface area contributed by atoms with Crippen molar-refractivity contribution >= 4 is 33.7 Å². The van der Waals surface area contributed by atoms with Crippen molar-refractivity contribution in [1.29, 1.82) is 0 Å². The van der Waals surface area contributed by atoms with Crippen molar-refractivity contribution in [2.45, 2.75) is 48.0 Å². The zero-order chi connectivity index (χ0) is 27.3. The molecule has 0 bridgehead atoms. The number of benzene rings is 2. The number of carboxylic acid groups (broad SMARTS) is 1. The van der Waals surface area contributed by atoms with E-state index in [2.05, 4.69) is 38.5 Å². The van der Waals surface area contributed by atoms with E-state index in [9.17, 15) is 19.2 Å². The minimum atomic E-state index is -1.02. The predicted molar refractivity (Wildman–Crippen MR) is 149 cm³/mol. The number of hydrogen-bond donors (Lipinski definition) is 3. The molecule has 0 saturated carbocycles. The number of carbonyl (C=O) groups is 2. The van der Waals surface area contributed by atoms with Crippen molar-refractivity contribution < 1.29 is 76.3 Å². The number of methoxy groups -OCH3 is 1. The summed E-state index contributed by atoms with van der Waals surface area (Å²) in [4.78, 5) is 60.3. The molecular formula is C28H35KN4O7. The van der Waals surface area contributed by atoms with Crippen LogP contribution >= 0.6 is 0 Å². The third-order valence-electron chi connectivity index (χ3n) is 5.38. The number of nitrogens with one attached hydrogen (secondary N) is 2.